The fourth-order valence-electron chi connectivity index (χ4n) is 3.14. The molecule has 2 heterocycles. The van der Waals surface area contributed by atoms with Crippen LogP contribution in [0.4, 0.5) is 0 Å². The van der Waals surface area contributed by atoms with Crippen LogP contribution in [0.2, 0.25) is 0 Å². The van der Waals surface area contributed by atoms with Crippen LogP contribution in [0.25, 0.3) is 0 Å². The molecule has 0 saturated carbocycles. The highest BCUT2D eigenvalue weighted by Crippen LogP contribution is 2.21. The van der Waals surface area contributed by atoms with Crippen LogP contribution < -0.4 is 5.73 Å². The molecular formula is C14H29N3. The van der Waals surface area contributed by atoms with Crippen molar-refractivity contribution in [1.29, 1.82) is 0 Å². The molecule has 0 aliphatic carbocycles. The van der Waals surface area contributed by atoms with Crippen molar-refractivity contribution in [2.24, 2.45) is 11.7 Å². The van der Waals surface area contributed by atoms with Crippen LogP contribution in [-0.4, -0.2) is 54.6 Å². The number of rotatable bonds is 3. The molecule has 2 aliphatic rings. The zero-order valence-corrected chi connectivity index (χ0v) is 11.6. The zero-order chi connectivity index (χ0) is 12.3. The van der Waals surface area contributed by atoms with Crippen LogP contribution in [0.5, 0.6) is 0 Å². The first-order valence-corrected chi connectivity index (χ1v) is 7.37. The predicted octanol–water partition coefficient (Wildman–Crippen LogP) is 1.53. The van der Waals surface area contributed by atoms with Gasteiger partial charge in [-0.3, -0.25) is 4.90 Å². The van der Waals surface area contributed by atoms with E-state index in [4.69, 9.17) is 5.73 Å². The van der Waals surface area contributed by atoms with Crippen LogP contribution in [0, 0.1) is 5.92 Å². The zero-order valence-electron chi connectivity index (χ0n) is 11.6. The fourth-order valence-corrected chi connectivity index (χ4v) is 3.14. The van der Waals surface area contributed by atoms with E-state index in [-0.39, 0.29) is 0 Å². The molecule has 0 aromatic carbocycles. The Hall–Kier alpha value is -0.120. The summed E-state index contributed by atoms with van der Waals surface area (Å²) in [5.41, 5.74) is 5.94. The van der Waals surface area contributed by atoms with Crippen molar-refractivity contribution in [2.75, 3.05) is 32.7 Å². The average molecular weight is 239 g/mol. The first kappa shape index (κ1) is 13.3. The van der Waals surface area contributed by atoms with E-state index in [9.17, 15) is 0 Å². The summed E-state index contributed by atoms with van der Waals surface area (Å²) >= 11 is 0. The second-order valence-corrected chi connectivity index (χ2v) is 6.21. The molecule has 2 rings (SSSR count). The van der Waals surface area contributed by atoms with Crippen LogP contribution in [0.1, 0.15) is 39.5 Å². The molecule has 0 aromatic heterocycles. The number of hydrogen-bond donors (Lipinski definition) is 1. The van der Waals surface area contributed by atoms with Gasteiger partial charge in [0.2, 0.25) is 0 Å². The molecule has 2 saturated heterocycles. The Morgan fingerprint density at radius 3 is 2.41 bits per heavy atom. The van der Waals surface area contributed by atoms with E-state index < -0.39 is 0 Å². The van der Waals surface area contributed by atoms with Gasteiger partial charge in [0.1, 0.15) is 0 Å². The van der Waals surface area contributed by atoms with Crippen LogP contribution >= 0.6 is 0 Å². The van der Waals surface area contributed by atoms with Crippen LogP contribution in [0.3, 0.4) is 0 Å². The minimum absolute atomic E-state index is 0.459. The lowest BCUT2D eigenvalue weighted by Crippen LogP contribution is -2.47. The summed E-state index contributed by atoms with van der Waals surface area (Å²) in [6.45, 7) is 11.0. The molecule has 0 spiro atoms. The van der Waals surface area contributed by atoms with Gasteiger partial charge in [0, 0.05) is 31.7 Å². The average Bonchev–Trinajstić information content (AvgIpc) is 2.32. The molecule has 2 atom stereocenters. The third kappa shape index (κ3) is 3.94. The second-order valence-electron chi connectivity index (χ2n) is 6.21. The van der Waals surface area contributed by atoms with Gasteiger partial charge in [0.25, 0.3) is 0 Å². The van der Waals surface area contributed by atoms with Gasteiger partial charge < -0.3 is 10.6 Å². The fraction of sp³-hybridized carbons (Fsp3) is 1.00. The van der Waals surface area contributed by atoms with Crippen molar-refractivity contribution in [1.82, 2.24) is 9.80 Å². The Labute approximate surface area is 106 Å². The predicted molar refractivity (Wildman–Crippen MR) is 73.1 cm³/mol. The van der Waals surface area contributed by atoms with Gasteiger partial charge in [-0.05, 0) is 51.6 Å². The van der Waals surface area contributed by atoms with E-state index in [1.165, 1.54) is 58.4 Å². The molecule has 100 valence electrons. The lowest BCUT2D eigenvalue weighted by atomic mass is 9.95. The van der Waals surface area contributed by atoms with Gasteiger partial charge in [-0.1, -0.05) is 6.92 Å². The van der Waals surface area contributed by atoms with Crippen molar-refractivity contribution in [3.8, 4) is 0 Å². The number of piperidine rings is 2. The van der Waals surface area contributed by atoms with Gasteiger partial charge in [0.05, 0.1) is 0 Å². The summed E-state index contributed by atoms with van der Waals surface area (Å²) < 4.78 is 0. The number of hydrogen-bond acceptors (Lipinski definition) is 3. The smallest absolute Gasteiger partial charge is 0.0112 e. The van der Waals surface area contributed by atoms with E-state index in [1.54, 1.807) is 0 Å². The summed E-state index contributed by atoms with van der Waals surface area (Å²) in [6.07, 6.45) is 5.17. The normalized spacial score (nSPS) is 34.1. The third-order valence-electron chi connectivity index (χ3n) is 4.58. The molecule has 2 unspecified atom stereocenters. The van der Waals surface area contributed by atoms with Crippen molar-refractivity contribution < 1.29 is 0 Å². The molecule has 17 heavy (non-hydrogen) atoms. The largest absolute Gasteiger partial charge is 0.328 e. The van der Waals surface area contributed by atoms with Crippen molar-refractivity contribution in [2.45, 2.75) is 51.6 Å². The van der Waals surface area contributed by atoms with Gasteiger partial charge in [-0.25, -0.2) is 0 Å². The molecular weight excluding hydrogens is 210 g/mol. The highest BCUT2D eigenvalue weighted by Gasteiger charge is 2.23. The number of nitrogens with zero attached hydrogens (tertiary/aromatic N) is 2. The summed E-state index contributed by atoms with van der Waals surface area (Å²) in [7, 11) is 0. The topological polar surface area (TPSA) is 32.5 Å². The molecule has 2 aliphatic heterocycles. The van der Waals surface area contributed by atoms with Gasteiger partial charge in [-0.2, -0.15) is 0 Å². The Kier molecular flexibility index (Phi) is 4.83. The van der Waals surface area contributed by atoms with Gasteiger partial charge in [-0.15, -0.1) is 0 Å². The van der Waals surface area contributed by atoms with Crippen molar-refractivity contribution in [3.63, 3.8) is 0 Å². The van der Waals surface area contributed by atoms with Gasteiger partial charge >= 0.3 is 0 Å². The van der Waals surface area contributed by atoms with E-state index >= 15 is 0 Å². The highest BCUT2D eigenvalue weighted by atomic mass is 15.2. The van der Waals surface area contributed by atoms with Crippen LogP contribution in [-0.2, 0) is 0 Å². The second kappa shape index (κ2) is 6.17. The van der Waals surface area contributed by atoms with Crippen molar-refractivity contribution in [3.05, 3.63) is 0 Å². The summed E-state index contributed by atoms with van der Waals surface area (Å²) in [4.78, 5) is 5.28. The molecule has 2 fully saturated rings. The Bertz CT molecular complexity index is 224. The van der Waals surface area contributed by atoms with E-state index in [1.807, 2.05) is 0 Å². The Morgan fingerprint density at radius 2 is 1.71 bits per heavy atom. The maximum atomic E-state index is 5.94. The van der Waals surface area contributed by atoms with E-state index in [0.29, 0.717) is 6.04 Å². The highest BCUT2D eigenvalue weighted by molar-refractivity contribution is 4.79. The molecule has 2 N–H and O–H groups in total. The monoisotopic (exact) mass is 239 g/mol. The molecule has 0 amide bonds. The maximum Gasteiger partial charge on any atom is 0.0112 e. The molecule has 0 bridgehead atoms. The minimum Gasteiger partial charge on any atom is -0.328 e. The SMILES string of the molecule is CC1CCC(C)N(CCN2CCC(N)CC2)C1. The summed E-state index contributed by atoms with van der Waals surface area (Å²) in [6, 6.07) is 1.25. The Morgan fingerprint density at radius 1 is 1.00 bits per heavy atom. The van der Waals surface area contributed by atoms with Crippen LogP contribution in [0.15, 0.2) is 0 Å². The first-order valence-electron chi connectivity index (χ1n) is 7.37. The molecule has 3 nitrogen and oxygen atoms in total. The lowest BCUT2D eigenvalue weighted by molar-refractivity contribution is 0.100. The minimum atomic E-state index is 0.459. The quantitative estimate of drug-likeness (QED) is 0.811. The first-order chi connectivity index (χ1) is 8.15. The molecule has 3 heteroatoms. The van der Waals surface area contributed by atoms with E-state index in [2.05, 4.69) is 23.6 Å². The summed E-state index contributed by atoms with van der Waals surface area (Å²) in [5.74, 6) is 0.890. The Balaban J connectivity index is 1.70. The maximum absolute atomic E-state index is 5.94. The van der Waals surface area contributed by atoms with Gasteiger partial charge in [0.15, 0.2) is 0 Å². The molecule has 0 aromatic rings. The summed E-state index contributed by atoms with van der Waals surface area (Å²) in [5, 5.41) is 0. The van der Waals surface area contributed by atoms with E-state index in [0.717, 1.165) is 12.0 Å². The number of nitrogens with two attached hydrogens (primary N) is 1. The molecule has 0 radical (unpaired) electrons. The standard InChI is InChI=1S/C14H29N3/c1-12-3-4-13(2)17(11-12)10-9-16-7-5-14(15)6-8-16/h12-14H,3-11,15H2,1-2H3. The number of likely N-dealkylation sites (tertiary alicyclic amines) is 2. The van der Waals surface area contributed by atoms with Crippen molar-refractivity contribution >= 4 is 0 Å². The third-order valence-corrected chi connectivity index (χ3v) is 4.58. The lowest BCUT2D eigenvalue weighted by Gasteiger charge is -2.39.